The number of rotatable bonds is 4. The maximum absolute atomic E-state index is 11.9. The fraction of sp³-hybridized carbons (Fsp3) is 0.818. The molecular weight excluding hydrogens is 222 g/mol. The van der Waals surface area contributed by atoms with Gasteiger partial charge in [-0.05, 0) is 19.8 Å². The van der Waals surface area contributed by atoms with Crippen molar-refractivity contribution >= 4 is 11.7 Å². The minimum Gasteiger partial charge on any atom is -0.409 e. The smallest absolute Gasteiger partial charge is 0.232 e. The summed E-state index contributed by atoms with van der Waals surface area (Å²) in [6.07, 6.45) is 3.44. The lowest BCUT2D eigenvalue weighted by molar-refractivity contribution is -0.134. The number of oxime groups is 1. The van der Waals surface area contributed by atoms with Gasteiger partial charge in [0.2, 0.25) is 5.91 Å². The summed E-state index contributed by atoms with van der Waals surface area (Å²) in [7, 11) is 1.62. The number of hydrogen-bond acceptors (Lipinski definition) is 4. The van der Waals surface area contributed by atoms with Crippen LogP contribution >= 0.6 is 0 Å². The number of hydrogen-bond donors (Lipinski definition) is 3. The van der Waals surface area contributed by atoms with Gasteiger partial charge >= 0.3 is 0 Å². The highest BCUT2D eigenvalue weighted by Crippen LogP contribution is 2.30. The van der Waals surface area contributed by atoms with E-state index in [1.54, 1.807) is 14.0 Å². The fourth-order valence-electron chi connectivity index (χ4n) is 2.25. The van der Waals surface area contributed by atoms with Gasteiger partial charge in [-0.3, -0.25) is 4.79 Å². The molecule has 1 aliphatic carbocycles. The van der Waals surface area contributed by atoms with Crippen molar-refractivity contribution < 1.29 is 15.1 Å². The van der Waals surface area contributed by atoms with Crippen molar-refractivity contribution in [3.63, 3.8) is 0 Å². The highest BCUT2D eigenvalue weighted by molar-refractivity contribution is 6.01. The monoisotopic (exact) mass is 243 g/mol. The number of likely N-dealkylation sites (N-methyl/N-ethyl adjacent to an activating group) is 1. The van der Waals surface area contributed by atoms with Crippen molar-refractivity contribution in [1.29, 1.82) is 0 Å². The van der Waals surface area contributed by atoms with Gasteiger partial charge < -0.3 is 20.9 Å². The highest BCUT2D eigenvalue weighted by atomic mass is 16.4. The summed E-state index contributed by atoms with van der Waals surface area (Å²) in [5.74, 6) is -1.03. The van der Waals surface area contributed by atoms with E-state index in [1.165, 1.54) is 4.90 Å². The SMILES string of the molecule is CC(C(=O)N(C)CC1(O)CCCC1)C(N)=NO. The molecule has 6 nitrogen and oxygen atoms in total. The van der Waals surface area contributed by atoms with Crippen LogP contribution in [-0.4, -0.2) is 46.1 Å². The molecule has 1 rings (SSSR count). The molecule has 17 heavy (non-hydrogen) atoms. The molecule has 0 aromatic heterocycles. The third kappa shape index (κ3) is 3.33. The van der Waals surface area contributed by atoms with E-state index in [4.69, 9.17) is 10.9 Å². The minimum absolute atomic E-state index is 0.111. The van der Waals surface area contributed by atoms with Gasteiger partial charge in [0.25, 0.3) is 0 Å². The summed E-state index contributed by atoms with van der Waals surface area (Å²) >= 11 is 0. The summed E-state index contributed by atoms with van der Waals surface area (Å²) in [4.78, 5) is 13.4. The van der Waals surface area contributed by atoms with Crippen LogP contribution in [0.3, 0.4) is 0 Å². The van der Waals surface area contributed by atoms with Gasteiger partial charge in [0.05, 0.1) is 11.5 Å². The molecule has 1 aliphatic rings. The van der Waals surface area contributed by atoms with Crippen LogP contribution in [0.2, 0.25) is 0 Å². The standard InChI is InChI=1S/C11H21N3O3/c1-8(9(12)13-17)10(15)14(2)7-11(16)5-3-4-6-11/h8,16-17H,3-7H2,1-2H3,(H2,12,13). The van der Waals surface area contributed by atoms with Crippen molar-refractivity contribution in [1.82, 2.24) is 4.90 Å². The van der Waals surface area contributed by atoms with Crippen molar-refractivity contribution in [3.05, 3.63) is 0 Å². The molecule has 1 saturated carbocycles. The van der Waals surface area contributed by atoms with Gasteiger partial charge in [-0.15, -0.1) is 0 Å². The van der Waals surface area contributed by atoms with E-state index >= 15 is 0 Å². The normalized spacial score (nSPS) is 21.2. The quantitative estimate of drug-likeness (QED) is 0.283. The van der Waals surface area contributed by atoms with E-state index in [0.717, 1.165) is 25.7 Å². The van der Waals surface area contributed by atoms with Crippen molar-refractivity contribution in [2.45, 2.75) is 38.2 Å². The molecule has 1 unspecified atom stereocenters. The Kier molecular flexibility index (Phi) is 4.34. The summed E-state index contributed by atoms with van der Waals surface area (Å²) < 4.78 is 0. The Hall–Kier alpha value is -1.30. The van der Waals surface area contributed by atoms with Crippen molar-refractivity contribution in [2.24, 2.45) is 16.8 Å². The van der Waals surface area contributed by atoms with Crippen LogP contribution in [0.1, 0.15) is 32.6 Å². The third-order valence-corrected chi connectivity index (χ3v) is 3.37. The third-order valence-electron chi connectivity index (χ3n) is 3.37. The van der Waals surface area contributed by atoms with Crippen LogP contribution in [0.15, 0.2) is 5.16 Å². The zero-order chi connectivity index (χ0) is 13.1. The lowest BCUT2D eigenvalue weighted by atomic mass is 10.0. The molecule has 0 radical (unpaired) electrons. The molecule has 0 heterocycles. The van der Waals surface area contributed by atoms with Crippen LogP contribution < -0.4 is 5.73 Å². The summed E-state index contributed by atoms with van der Waals surface area (Å²) in [5.41, 5.74) is 4.62. The van der Waals surface area contributed by atoms with Gasteiger partial charge in [-0.25, -0.2) is 0 Å². The van der Waals surface area contributed by atoms with Gasteiger partial charge in [0.1, 0.15) is 0 Å². The first-order valence-electron chi connectivity index (χ1n) is 5.84. The molecule has 0 aromatic carbocycles. The Bertz CT molecular complexity index is 311. The minimum atomic E-state index is -0.769. The molecular formula is C11H21N3O3. The summed E-state index contributed by atoms with van der Waals surface area (Å²) in [6.45, 7) is 1.88. The number of aliphatic hydroxyl groups is 1. The molecule has 1 amide bonds. The second-order valence-electron chi connectivity index (χ2n) is 4.87. The van der Waals surface area contributed by atoms with Crippen LogP contribution in [0.25, 0.3) is 0 Å². The highest BCUT2D eigenvalue weighted by Gasteiger charge is 2.34. The first-order valence-corrected chi connectivity index (χ1v) is 5.84. The zero-order valence-corrected chi connectivity index (χ0v) is 10.4. The molecule has 1 atom stereocenters. The zero-order valence-electron chi connectivity index (χ0n) is 10.4. The Morgan fingerprint density at radius 3 is 2.53 bits per heavy atom. The molecule has 0 spiro atoms. The van der Waals surface area contributed by atoms with Gasteiger partial charge in [0.15, 0.2) is 5.84 Å². The fourth-order valence-corrected chi connectivity index (χ4v) is 2.25. The van der Waals surface area contributed by atoms with Crippen LogP contribution in [0.4, 0.5) is 0 Å². The number of nitrogens with zero attached hydrogens (tertiary/aromatic N) is 2. The van der Waals surface area contributed by atoms with Crippen molar-refractivity contribution in [2.75, 3.05) is 13.6 Å². The van der Waals surface area contributed by atoms with Crippen molar-refractivity contribution in [3.8, 4) is 0 Å². The largest absolute Gasteiger partial charge is 0.409 e. The van der Waals surface area contributed by atoms with Gasteiger partial charge in [0, 0.05) is 13.6 Å². The van der Waals surface area contributed by atoms with Crippen LogP contribution in [0, 0.1) is 5.92 Å². The van der Waals surface area contributed by atoms with Gasteiger partial charge in [-0.1, -0.05) is 18.0 Å². The summed E-state index contributed by atoms with van der Waals surface area (Å²) in [5, 5.41) is 21.5. The Morgan fingerprint density at radius 1 is 1.53 bits per heavy atom. The molecule has 6 heteroatoms. The topological polar surface area (TPSA) is 99.2 Å². The predicted octanol–water partition coefficient (Wildman–Crippen LogP) is 0.132. The second kappa shape index (κ2) is 5.35. The first-order chi connectivity index (χ1) is 7.89. The van der Waals surface area contributed by atoms with Gasteiger partial charge in [-0.2, -0.15) is 0 Å². The Morgan fingerprint density at radius 2 is 2.06 bits per heavy atom. The van der Waals surface area contributed by atoms with E-state index in [-0.39, 0.29) is 11.7 Å². The van der Waals surface area contributed by atoms with E-state index in [9.17, 15) is 9.90 Å². The average molecular weight is 243 g/mol. The number of nitrogens with two attached hydrogens (primary N) is 1. The maximum Gasteiger partial charge on any atom is 0.232 e. The summed E-state index contributed by atoms with van der Waals surface area (Å²) in [6, 6.07) is 0. The predicted molar refractivity (Wildman–Crippen MR) is 63.6 cm³/mol. The Balaban J connectivity index is 2.58. The molecule has 0 saturated heterocycles. The Labute approximate surface area is 101 Å². The van der Waals surface area contributed by atoms with E-state index in [1.807, 2.05) is 0 Å². The molecule has 4 N–H and O–H groups in total. The molecule has 0 aliphatic heterocycles. The van der Waals surface area contributed by atoms with Crippen LogP contribution in [0.5, 0.6) is 0 Å². The van der Waals surface area contributed by atoms with E-state index in [2.05, 4.69) is 5.16 Å². The second-order valence-corrected chi connectivity index (χ2v) is 4.87. The number of amides is 1. The number of carbonyl (C=O) groups excluding carboxylic acids is 1. The number of carbonyl (C=O) groups is 1. The molecule has 1 fully saturated rings. The number of amidine groups is 1. The molecule has 98 valence electrons. The van der Waals surface area contributed by atoms with Crippen LogP contribution in [-0.2, 0) is 4.79 Å². The average Bonchev–Trinajstić information content (AvgIpc) is 2.72. The lowest BCUT2D eigenvalue weighted by Crippen LogP contribution is -2.46. The van der Waals surface area contributed by atoms with E-state index in [0.29, 0.717) is 6.54 Å². The molecule has 0 bridgehead atoms. The first kappa shape index (κ1) is 13.8. The van der Waals surface area contributed by atoms with E-state index < -0.39 is 11.5 Å². The molecule has 0 aromatic rings. The lowest BCUT2D eigenvalue weighted by Gasteiger charge is -2.30. The maximum atomic E-state index is 11.9.